The average Bonchev–Trinajstić information content (AvgIpc) is 2.81. The molecule has 0 aliphatic carbocycles. The van der Waals surface area contributed by atoms with Crippen LogP contribution in [0.4, 0.5) is 5.82 Å². The fraction of sp³-hybridized carbons (Fsp3) is 0.435. The number of rotatable bonds is 11. The number of nitrogens with zero attached hydrogens (tertiary/aromatic N) is 3. The van der Waals surface area contributed by atoms with Gasteiger partial charge >= 0.3 is 0 Å². The van der Waals surface area contributed by atoms with Crippen molar-refractivity contribution >= 4 is 51.7 Å². The molecule has 0 saturated carbocycles. The van der Waals surface area contributed by atoms with Crippen molar-refractivity contribution in [3.63, 3.8) is 0 Å². The summed E-state index contributed by atoms with van der Waals surface area (Å²) < 4.78 is 10.8. The Morgan fingerprint density at radius 3 is 2.27 bits per heavy atom. The van der Waals surface area contributed by atoms with E-state index < -0.39 is 0 Å². The lowest BCUT2D eigenvalue weighted by molar-refractivity contribution is 0.395. The molecular weight excluding hydrogens is 481 g/mol. The zero-order valence-electron chi connectivity index (χ0n) is 19.5. The summed E-state index contributed by atoms with van der Waals surface area (Å²) in [5, 5.41) is 9.12. The molecule has 10 heteroatoms. The van der Waals surface area contributed by atoms with Crippen LogP contribution in [0.15, 0.2) is 23.5 Å². The molecule has 0 amide bonds. The Morgan fingerprint density at radius 2 is 1.67 bits per heavy atom. The number of aromatic nitrogens is 3. The lowest BCUT2D eigenvalue weighted by Crippen LogP contribution is -2.24. The number of fused-ring (bicyclic) bond motifs is 1. The number of hydrogen-bond donors (Lipinski definition) is 2. The highest BCUT2D eigenvalue weighted by Gasteiger charge is 2.21. The van der Waals surface area contributed by atoms with Crippen molar-refractivity contribution in [2.45, 2.75) is 37.9 Å². The molecule has 0 aliphatic rings. The first-order valence-electron chi connectivity index (χ1n) is 10.7. The molecule has 0 spiro atoms. The van der Waals surface area contributed by atoms with Crippen molar-refractivity contribution in [1.82, 2.24) is 20.3 Å². The topological polar surface area (TPSA) is 81.2 Å². The summed E-state index contributed by atoms with van der Waals surface area (Å²) in [7, 11) is 3.09. The predicted molar refractivity (Wildman–Crippen MR) is 139 cm³/mol. The molecule has 0 aliphatic heterocycles. The van der Waals surface area contributed by atoms with E-state index in [4.69, 9.17) is 37.7 Å². The first-order valence-corrected chi connectivity index (χ1v) is 12.7. The normalized spacial score (nSPS) is 11.3. The van der Waals surface area contributed by atoms with E-state index in [9.17, 15) is 0 Å². The van der Waals surface area contributed by atoms with Gasteiger partial charge in [0.1, 0.15) is 17.0 Å². The molecule has 0 radical (unpaired) electrons. The largest absolute Gasteiger partial charge is 0.495 e. The second-order valence-corrected chi connectivity index (χ2v) is 9.21. The molecule has 2 N–H and O–H groups in total. The van der Waals surface area contributed by atoms with Gasteiger partial charge in [0.2, 0.25) is 0 Å². The number of halogens is 2. The Hall–Kier alpha value is -2.00. The Bertz CT molecular complexity index is 1090. The summed E-state index contributed by atoms with van der Waals surface area (Å²) in [5.74, 6) is 1.57. The van der Waals surface area contributed by atoms with Gasteiger partial charge in [-0.05, 0) is 31.7 Å². The quantitative estimate of drug-likeness (QED) is 0.187. The molecule has 1 aromatic carbocycles. The van der Waals surface area contributed by atoms with E-state index in [0.29, 0.717) is 49.8 Å². The number of pyridine rings is 1. The van der Waals surface area contributed by atoms with Gasteiger partial charge < -0.3 is 20.1 Å². The van der Waals surface area contributed by atoms with Crippen molar-refractivity contribution in [3.8, 4) is 22.8 Å². The van der Waals surface area contributed by atoms with E-state index in [0.717, 1.165) is 36.8 Å². The number of unbranched alkanes of at least 4 members (excludes halogenated alkanes) is 1. The highest BCUT2D eigenvalue weighted by atomic mass is 35.5. The van der Waals surface area contributed by atoms with Crippen molar-refractivity contribution < 1.29 is 9.47 Å². The van der Waals surface area contributed by atoms with Crippen LogP contribution in [0.5, 0.6) is 11.5 Å². The van der Waals surface area contributed by atoms with Crippen LogP contribution in [0, 0.1) is 0 Å². The zero-order chi connectivity index (χ0) is 24.0. The number of anilines is 1. The van der Waals surface area contributed by atoms with Gasteiger partial charge in [0.15, 0.2) is 11.0 Å². The molecule has 3 aromatic rings. The SMILES string of the molecule is COc1cc(OC)c(Cl)c(-c2cc3cnc(SC)nc3c(NCCCCNC(C)C)n2)c1Cl. The Kier molecular flexibility index (Phi) is 9.26. The third kappa shape index (κ3) is 6.12. The summed E-state index contributed by atoms with van der Waals surface area (Å²) >= 11 is 14.8. The number of ether oxygens (including phenoxy) is 2. The Balaban J connectivity index is 2.02. The monoisotopic (exact) mass is 509 g/mol. The van der Waals surface area contributed by atoms with Crippen molar-refractivity contribution in [2.24, 2.45) is 0 Å². The molecule has 7 nitrogen and oxygen atoms in total. The molecule has 0 atom stereocenters. The van der Waals surface area contributed by atoms with E-state index in [-0.39, 0.29) is 0 Å². The van der Waals surface area contributed by atoms with Gasteiger partial charge in [-0.2, -0.15) is 0 Å². The Morgan fingerprint density at radius 1 is 1.00 bits per heavy atom. The van der Waals surface area contributed by atoms with E-state index in [1.54, 1.807) is 26.5 Å². The molecule has 0 bridgehead atoms. The van der Waals surface area contributed by atoms with E-state index >= 15 is 0 Å². The maximum atomic E-state index is 6.65. The fourth-order valence-corrected chi connectivity index (χ4v) is 4.37. The zero-order valence-corrected chi connectivity index (χ0v) is 21.8. The third-order valence-corrected chi connectivity index (χ3v) is 6.32. The predicted octanol–water partition coefficient (Wildman–Crippen LogP) is 5.93. The highest BCUT2D eigenvalue weighted by molar-refractivity contribution is 7.98. The number of nitrogens with one attached hydrogen (secondary N) is 2. The molecular formula is C23H29Cl2N5O2S. The van der Waals surface area contributed by atoms with Crippen LogP contribution in [0.3, 0.4) is 0 Å². The van der Waals surface area contributed by atoms with Crippen LogP contribution in [0.2, 0.25) is 10.0 Å². The molecule has 178 valence electrons. The van der Waals surface area contributed by atoms with Gasteiger partial charge in [-0.25, -0.2) is 15.0 Å². The number of methoxy groups -OCH3 is 2. The fourth-order valence-electron chi connectivity index (χ4n) is 3.33. The number of hydrogen-bond acceptors (Lipinski definition) is 8. The van der Waals surface area contributed by atoms with Crippen LogP contribution < -0.4 is 20.1 Å². The minimum Gasteiger partial charge on any atom is -0.495 e. The first kappa shape index (κ1) is 25.6. The van der Waals surface area contributed by atoms with E-state index in [2.05, 4.69) is 34.4 Å². The van der Waals surface area contributed by atoms with Crippen molar-refractivity contribution in [1.29, 1.82) is 0 Å². The maximum Gasteiger partial charge on any atom is 0.187 e. The van der Waals surface area contributed by atoms with Gasteiger partial charge in [-0.1, -0.05) is 48.8 Å². The molecule has 2 aromatic heterocycles. The molecule has 0 fully saturated rings. The van der Waals surface area contributed by atoms with E-state index in [1.165, 1.54) is 11.8 Å². The summed E-state index contributed by atoms with van der Waals surface area (Å²) in [6, 6.07) is 4.02. The van der Waals surface area contributed by atoms with Crippen LogP contribution in [-0.2, 0) is 0 Å². The molecule has 2 heterocycles. The Labute approximate surface area is 209 Å². The first-order chi connectivity index (χ1) is 15.9. The van der Waals surface area contributed by atoms with Crippen molar-refractivity contribution in [3.05, 3.63) is 28.4 Å². The highest BCUT2D eigenvalue weighted by Crippen LogP contribution is 2.46. The lowest BCUT2D eigenvalue weighted by atomic mass is 10.1. The average molecular weight is 510 g/mol. The van der Waals surface area contributed by atoms with E-state index in [1.807, 2.05) is 12.3 Å². The molecule has 33 heavy (non-hydrogen) atoms. The van der Waals surface area contributed by atoms with Gasteiger partial charge in [-0.15, -0.1) is 0 Å². The molecule has 0 unspecified atom stereocenters. The number of benzene rings is 1. The smallest absolute Gasteiger partial charge is 0.187 e. The van der Waals surface area contributed by atoms with Crippen LogP contribution in [0.1, 0.15) is 26.7 Å². The summed E-state index contributed by atoms with van der Waals surface area (Å²) in [6.07, 6.45) is 5.77. The maximum absolute atomic E-state index is 6.65. The minimum atomic E-state index is 0.363. The molecule has 3 rings (SSSR count). The van der Waals surface area contributed by atoms with Gasteiger partial charge in [0, 0.05) is 35.8 Å². The second-order valence-electron chi connectivity index (χ2n) is 7.68. The number of thioether (sulfide) groups is 1. The summed E-state index contributed by atoms with van der Waals surface area (Å²) in [6.45, 7) is 6.02. The lowest BCUT2D eigenvalue weighted by Gasteiger charge is -2.16. The molecule has 0 saturated heterocycles. The summed E-state index contributed by atoms with van der Waals surface area (Å²) in [4.78, 5) is 14.0. The van der Waals surface area contributed by atoms with Crippen molar-refractivity contribution in [2.75, 3.05) is 38.9 Å². The van der Waals surface area contributed by atoms with Gasteiger partial charge in [-0.3, -0.25) is 0 Å². The minimum absolute atomic E-state index is 0.363. The third-order valence-electron chi connectivity index (χ3n) is 5.00. The van der Waals surface area contributed by atoms with Gasteiger partial charge in [0.05, 0.1) is 30.0 Å². The second kappa shape index (κ2) is 11.9. The standard InChI is InChI=1S/C23H29Cl2N5O2S/c1-13(2)26-8-6-7-9-27-22-21-14(12-28-23(30-21)33-5)10-15(29-22)18-19(24)16(31-3)11-17(32-4)20(18)25/h10-13,26H,6-9H2,1-5H3,(H,27,29). The van der Waals surface area contributed by atoms with Crippen LogP contribution in [0.25, 0.3) is 22.2 Å². The van der Waals surface area contributed by atoms with Gasteiger partial charge in [0.25, 0.3) is 0 Å². The van der Waals surface area contributed by atoms with Crippen LogP contribution in [-0.4, -0.2) is 54.6 Å². The summed E-state index contributed by atoms with van der Waals surface area (Å²) in [5.41, 5.74) is 1.87. The van der Waals surface area contributed by atoms with Crippen LogP contribution >= 0.6 is 35.0 Å².